The Balaban J connectivity index is 2.20. The second-order valence-corrected chi connectivity index (χ2v) is 4.00. The van der Waals surface area contributed by atoms with Crippen LogP contribution in [0.3, 0.4) is 0 Å². The number of nitrogens with one attached hydrogen (secondary N) is 1. The smallest absolute Gasteiger partial charge is 0.322 e. The second-order valence-electron chi connectivity index (χ2n) is 3.66. The molecule has 18 heavy (non-hydrogen) atoms. The molecule has 0 radical (unpaired) electrons. The Labute approximate surface area is 112 Å². The van der Waals surface area contributed by atoms with Crippen molar-refractivity contribution in [2.45, 2.75) is 26.2 Å². The number of ether oxygens (including phenoxy) is 2. The summed E-state index contributed by atoms with van der Waals surface area (Å²) in [6, 6.07) is 0.205. The number of halogens is 1. The Kier molecular flexibility index (Phi) is 7.36. The SMILES string of the molecule is CCCCOCCCNc1nc(Cl)nc(OC)n1. The molecule has 0 fully saturated rings. The van der Waals surface area contributed by atoms with Gasteiger partial charge in [0, 0.05) is 19.8 Å². The van der Waals surface area contributed by atoms with Gasteiger partial charge < -0.3 is 14.8 Å². The van der Waals surface area contributed by atoms with Crippen molar-refractivity contribution in [3.63, 3.8) is 0 Å². The molecule has 0 unspecified atom stereocenters. The van der Waals surface area contributed by atoms with E-state index in [4.69, 9.17) is 21.1 Å². The molecule has 1 aromatic heterocycles. The minimum absolute atomic E-state index is 0.114. The molecule has 1 N–H and O–H groups in total. The van der Waals surface area contributed by atoms with Crippen molar-refractivity contribution in [2.24, 2.45) is 0 Å². The first kappa shape index (κ1) is 14.9. The number of methoxy groups -OCH3 is 1. The Morgan fingerprint density at radius 2 is 1.94 bits per heavy atom. The standard InChI is InChI=1S/C11H19ClN4O2/c1-3-4-7-18-8-5-6-13-10-14-9(12)15-11(16-10)17-2/h3-8H2,1-2H3,(H,13,14,15,16). The lowest BCUT2D eigenvalue weighted by Gasteiger charge is -2.06. The molecule has 0 saturated heterocycles. The molecule has 1 aromatic rings. The van der Waals surface area contributed by atoms with Gasteiger partial charge in [0.1, 0.15) is 0 Å². The molecule has 0 spiro atoms. The van der Waals surface area contributed by atoms with E-state index in [9.17, 15) is 0 Å². The Bertz CT molecular complexity index is 352. The van der Waals surface area contributed by atoms with E-state index in [-0.39, 0.29) is 11.3 Å². The zero-order chi connectivity index (χ0) is 13.2. The number of rotatable bonds is 9. The third kappa shape index (κ3) is 5.97. The van der Waals surface area contributed by atoms with E-state index in [1.54, 1.807) is 0 Å². The maximum absolute atomic E-state index is 5.72. The highest BCUT2D eigenvalue weighted by Crippen LogP contribution is 2.10. The average Bonchev–Trinajstić information content (AvgIpc) is 2.37. The van der Waals surface area contributed by atoms with Crippen LogP contribution in [0.2, 0.25) is 5.28 Å². The number of aromatic nitrogens is 3. The number of hydrogen-bond donors (Lipinski definition) is 1. The van der Waals surface area contributed by atoms with Gasteiger partial charge in [-0.1, -0.05) is 13.3 Å². The van der Waals surface area contributed by atoms with E-state index in [1.807, 2.05) is 0 Å². The first-order valence-corrected chi connectivity index (χ1v) is 6.41. The predicted octanol–water partition coefficient (Wildman–Crippen LogP) is 2.15. The van der Waals surface area contributed by atoms with Gasteiger partial charge >= 0.3 is 6.01 Å². The molecular weight excluding hydrogens is 256 g/mol. The van der Waals surface area contributed by atoms with Crippen LogP contribution in [0.1, 0.15) is 26.2 Å². The zero-order valence-corrected chi connectivity index (χ0v) is 11.5. The maximum atomic E-state index is 5.72. The summed E-state index contributed by atoms with van der Waals surface area (Å²) in [6.45, 7) is 4.41. The third-order valence-corrected chi connectivity index (χ3v) is 2.33. The number of nitrogens with zero attached hydrogens (tertiary/aromatic N) is 3. The first-order chi connectivity index (χ1) is 8.76. The largest absolute Gasteiger partial charge is 0.467 e. The van der Waals surface area contributed by atoms with Gasteiger partial charge in [-0.3, -0.25) is 0 Å². The van der Waals surface area contributed by atoms with Crippen LogP contribution in [0.15, 0.2) is 0 Å². The van der Waals surface area contributed by atoms with Gasteiger partial charge in [0.05, 0.1) is 7.11 Å². The maximum Gasteiger partial charge on any atom is 0.322 e. The van der Waals surface area contributed by atoms with Crippen molar-refractivity contribution >= 4 is 17.5 Å². The fourth-order valence-corrected chi connectivity index (χ4v) is 1.38. The van der Waals surface area contributed by atoms with Crippen LogP contribution in [0.5, 0.6) is 6.01 Å². The van der Waals surface area contributed by atoms with Gasteiger partial charge in [0.25, 0.3) is 0 Å². The van der Waals surface area contributed by atoms with Crippen molar-refractivity contribution in [1.29, 1.82) is 0 Å². The molecule has 6 nitrogen and oxygen atoms in total. The van der Waals surface area contributed by atoms with Gasteiger partial charge in [-0.25, -0.2) is 0 Å². The number of unbranched alkanes of at least 4 members (excludes halogenated alkanes) is 1. The Morgan fingerprint density at radius 1 is 1.17 bits per heavy atom. The lowest BCUT2D eigenvalue weighted by atomic mass is 10.4. The second kappa shape index (κ2) is 8.88. The fourth-order valence-electron chi connectivity index (χ4n) is 1.23. The predicted molar refractivity (Wildman–Crippen MR) is 70.2 cm³/mol. The molecule has 7 heteroatoms. The molecule has 0 bridgehead atoms. The van der Waals surface area contributed by atoms with E-state index < -0.39 is 0 Å². The molecule has 1 heterocycles. The fraction of sp³-hybridized carbons (Fsp3) is 0.727. The molecule has 1 rings (SSSR count). The van der Waals surface area contributed by atoms with E-state index in [0.29, 0.717) is 5.95 Å². The molecule has 0 amide bonds. The van der Waals surface area contributed by atoms with Crippen LogP contribution in [0.25, 0.3) is 0 Å². The molecule has 0 aromatic carbocycles. The van der Waals surface area contributed by atoms with Crippen molar-refractivity contribution in [3.8, 4) is 6.01 Å². The van der Waals surface area contributed by atoms with Gasteiger partial charge in [-0.05, 0) is 24.4 Å². The summed E-state index contributed by atoms with van der Waals surface area (Å²) >= 11 is 5.72. The van der Waals surface area contributed by atoms with E-state index in [2.05, 4.69) is 27.2 Å². The van der Waals surface area contributed by atoms with Gasteiger partial charge in [-0.2, -0.15) is 15.0 Å². The minimum atomic E-state index is 0.114. The van der Waals surface area contributed by atoms with Crippen LogP contribution in [0.4, 0.5) is 5.95 Å². The molecule has 0 atom stereocenters. The van der Waals surface area contributed by atoms with Crippen molar-refractivity contribution < 1.29 is 9.47 Å². The summed E-state index contributed by atoms with van der Waals surface area (Å²) in [7, 11) is 1.48. The molecule has 0 aliphatic rings. The van der Waals surface area contributed by atoms with Crippen LogP contribution >= 0.6 is 11.6 Å². The highest BCUT2D eigenvalue weighted by Gasteiger charge is 2.03. The molecule has 0 saturated carbocycles. The monoisotopic (exact) mass is 274 g/mol. The third-order valence-electron chi connectivity index (χ3n) is 2.16. The zero-order valence-electron chi connectivity index (χ0n) is 10.8. The summed E-state index contributed by atoms with van der Waals surface area (Å²) < 4.78 is 10.3. The van der Waals surface area contributed by atoms with E-state index in [0.717, 1.165) is 39.0 Å². The van der Waals surface area contributed by atoms with Gasteiger partial charge in [0.15, 0.2) is 0 Å². The highest BCUT2D eigenvalue weighted by atomic mass is 35.5. The summed E-state index contributed by atoms with van der Waals surface area (Å²) in [5.74, 6) is 0.417. The van der Waals surface area contributed by atoms with Crippen LogP contribution in [0, 0.1) is 0 Å². The molecule has 0 aliphatic carbocycles. The quantitative estimate of drug-likeness (QED) is 0.696. The van der Waals surface area contributed by atoms with E-state index in [1.165, 1.54) is 7.11 Å². The molecular formula is C11H19ClN4O2. The summed E-state index contributed by atoms with van der Waals surface area (Å²) in [5, 5.41) is 3.16. The lowest BCUT2D eigenvalue weighted by Crippen LogP contribution is -2.10. The summed E-state index contributed by atoms with van der Waals surface area (Å²) in [6.07, 6.45) is 3.14. The lowest BCUT2D eigenvalue weighted by molar-refractivity contribution is 0.131. The van der Waals surface area contributed by atoms with Gasteiger partial charge in [0.2, 0.25) is 11.2 Å². The van der Waals surface area contributed by atoms with Crippen LogP contribution in [-0.2, 0) is 4.74 Å². The Morgan fingerprint density at radius 3 is 2.67 bits per heavy atom. The van der Waals surface area contributed by atoms with E-state index >= 15 is 0 Å². The van der Waals surface area contributed by atoms with Crippen molar-refractivity contribution in [3.05, 3.63) is 5.28 Å². The van der Waals surface area contributed by atoms with Crippen LogP contribution < -0.4 is 10.1 Å². The minimum Gasteiger partial charge on any atom is -0.467 e. The number of anilines is 1. The normalized spacial score (nSPS) is 10.4. The highest BCUT2D eigenvalue weighted by molar-refractivity contribution is 6.28. The van der Waals surface area contributed by atoms with Crippen molar-refractivity contribution in [1.82, 2.24) is 15.0 Å². The Hall–Kier alpha value is -1.14. The summed E-state index contributed by atoms with van der Waals surface area (Å²) in [5.41, 5.74) is 0. The summed E-state index contributed by atoms with van der Waals surface area (Å²) in [4.78, 5) is 11.7. The van der Waals surface area contributed by atoms with Crippen molar-refractivity contribution in [2.75, 3.05) is 32.2 Å². The molecule has 0 aliphatic heterocycles. The molecule has 102 valence electrons. The average molecular weight is 275 g/mol. The number of hydrogen-bond acceptors (Lipinski definition) is 6. The first-order valence-electron chi connectivity index (χ1n) is 6.03. The topological polar surface area (TPSA) is 69.2 Å². The van der Waals surface area contributed by atoms with Crippen LogP contribution in [-0.4, -0.2) is 41.8 Å². The van der Waals surface area contributed by atoms with Gasteiger partial charge in [-0.15, -0.1) is 0 Å².